The molecule has 108 valence electrons. The number of hydrogen-bond acceptors (Lipinski definition) is 4. The van der Waals surface area contributed by atoms with Gasteiger partial charge in [-0.05, 0) is 12.5 Å². The molecule has 1 unspecified atom stereocenters. The summed E-state index contributed by atoms with van der Waals surface area (Å²) in [4.78, 5) is 11.5. The van der Waals surface area contributed by atoms with E-state index in [0.29, 0.717) is 11.5 Å². The van der Waals surface area contributed by atoms with E-state index < -0.39 is 11.3 Å². The van der Waals surface area contributed by atoms with Crippen molar-refractivity contribution in [3.05, 3.63) is 11.8 Å². The monoisotopic (exact) mass is 285 g/mol. The SMILES string of the molecule is CCCC1=CC(=S)NC(O)(C(C)(C)CNC(C)=O)N1. The first-order valence-electron chi connectivity index (χ1n) is 6.48. The van der Waals surface area contributed by atoms with Gasteiger partial charge in [0.05, 0.1) is 0 Å². The number of rotatable bonds is 5. The van der Waals surface area contributed by atoms with Crippen LogP contribution in [0.4, 0.5) is 0 Å². The van der Waals surface area contributed by atoms with Gasteiger partial charge in [-0.3, -0.25) is 4.79 Å². The molecule has 0 aliphatic carbocycles. The topological polar surface area (TPSA) is 73.4 Å². The minimum atomic E-state index is -1.37. The first kappa shape index (κ1) is 15.9. The van der Waals surface area contributed by atoms with Crippen molar-refractivity contribution in [2.24, 2.45) is 5.41 Å². The van der Waals surface area contributed by atoms with Gasteiger partial charge in [-0.1, -0.05) is 39.4 Å². The molecule has 0 saturated heterocycles. The van der Waals surface area contributed by atoms with E-state index in [-0.39, 0.29) is 5.91 Å². The molecule has 1 atom stereocenters. The molecule has 0 aromatic heterocycles. The lowest BCUT2D eigenvalue weighted by Crippen LogP contribution is -2.70. The second-order valence-corrected chi connectivity index (χ2v) is 5.98. The van der Waals surface area contributed by atoms with Gasteiger partial charge in [0.25, 0.3) is 0 Å². The molecule has 0 aromatic carbocycles. The van der Waals surface area contributed by atoms with Crippen LogP contribution in [0.1, 0.15) is 40.5 Å². The maximum atomic E-state index is 11.0. The number of amides is 1. The Hall–Kier alpha value is -1.14. The number of hydrogen-bond donors (Lipinski definition) is 4. The maximum Gasteiger partial charge on any atom is 0.221 e. The summed E-state index contributed by atoms with van der Waals surface area (Å²) in [5, 5.41) is 19.5. The summed E-state index contributed by atoms with van der Waals surface area (Å²) in [5.41, 5.74) is 0.278. The van der Waals surface area contributed by atoms with Crippen molar-refractivity contribution in [2.75, 3.05) is 6.54 Å². The summed E-state index contributed by atoms with van der Waals surface area (Å²) in [5.74, 6) is -1.49. The van der Waals surface area contributed by atoms with E-state index in [4.69, 9.17) is 12.2 Å². The number of thiocarbonyl (C=S) groups is 1. The van der Waals surface area contributed by atoms with Crippen molar-refractivity contribution < 1.29 is 9.90 Å². The van der Waals surface area contributed by atoms with E-state index in [1.54, 1.807) is 0 Å². The Morgan fingerprint density at radius 2 is 2.16 bits per heavy atom. The molecule has 5 nitrogen and oxygen atoms in total. The third-order valence-electron chi connectivity index (χ3n) is 3.23. The van der Waals surface area contributed by atoms with Crippen LogP contribution < -0.4 is 16.0 Å². The third-order valence-corrected chi connectivity index (χ3v) is 3.45. The lowest BCUT2D eigenvalue weighted by molar-refractivity contribution is -0.124. The molecule has 4 N–H and O–H groups in total. The van der Waals surface area contributed by atoms with Gasteiger partial charge in [-0.25, -0.2) is 0 Å². The summed E-state index contributed by atoms with van der Waals surface area (Å²) < 4.78 is 0. The summed E-state index contributed by atoms with van der Waals surface area (Å²) in [6.45, 7) is 7.58. The number of allylic oxidation sites excluding steroid dienone is 1. The Balaban J connectivity index is 2.87. The van der Waals surface area contributed by atoms with Crippen molar-refractivity contribution in [1.82, 2.24) is 16.0 Å². The van der Waals surface area contributed by atoms with E-state index in [1.807, 2.05) is 19.9 Å². The van der Waals surface area contributed by atoms with Gasteiger partial charge < -0.3 is 21.1 Å². The smallest absolute Gasteiger partial charge is 0.221 e. The van der Waals surface area contributed by atoms with Gasteiger partial charge in [0.15, 0.2) is 0 Å². The predicted octanol–water partition coefficient (Wildman–Crippen LogP) is 0.999. The zero-order valence-electron chi connectivity index (χ0n) is 12.0. The molecule has 0 spiro atoms. The molecule has 1 aliphatic heterocycles. The third kappa shape index (κ3) is 3.91. The Bertz CT molecular complexity index is 407. The minimum absolute atomic E-state index is 0.126. The molecule has 1 heterocycles. The molecular weight excluding hydrogens is 262 g/mol. The largest absolute Gasteiger partial charge is 0.356 e. The van der Waals surface area contributed by atoms with Crippen LogP contribution >= 0.6 is 12.2 Å². The van der Waals surface area contributed by atoms with Crippen LogP contribution in [0.25, 0.3) is 0 Å². The molecule has 0 saturated carbocycles. The van der Waals surface area contributed by atoms with Crippen LogP contribution in [0.3, 0.4) is 0 Å². The second-order valence-electron chi connectivity index (χ2n) is 5.54. The van der Waals surface area contributed by atoms with Crippen molar-refractivity contribution in [1.29, 1.82) is 0 Å². The average Bonchev–Trinajstić information content (AvgIpc) is 2.25. The van der Waals surface area contributed by atoms with Crippen molar-refractivity contribution in [3.63, 3.8) is 0 Å². The van der Waals surface area contributed by atoms with E-state index in [2.05, 4.69) is 22.9 Å². The molecule has 0 aromatic rings. The van der Waals surface area contributed by atoms with Crippen LogP contribution in [0, 0.1) is 5.41 Å². The molecular formula is C13H23N3O2S. The highest BCUT2D eigenvalue weighted by atomic mass is 32.1. The molecule has 0 fully saturated rings. The lowest BCUT2D eigenvalue weighted by Gasteiger charge is -2.46. The lowest BCUT2D eigenvalue weighted by atomic mass is 9.84. The fourth-order valence-electron chi connectivity index (χ4n) is 1.89. The molecule has 0 radical (unpaired) electrons. The highest BCUT2D eigenvalue weighted by molar-refractivity contribution is 7.80. The van der Waals surface area contributed by atoms with Gasteiger partial charge in [0, 0.05) is 24.6 Å². The molecule has 1 rings (SSSR count). The van der Waals surface area contributed by atoms with Crippen molar-refractivity contribution in [2.45, 2.75) is 46.4 Å². The average molecular weight is 285 g/mol. The normalized spacial score (nSPS) is 23.2. The van der Waals surface area contributed by atoms with Crippen LogP contribution in [0.5, 0.6) is 0 Å². The molecule has 19 heavy (non-hydrogen) atoms. The molecule has 0 bridgehead atoms. The Morgan fingerprint density at radius 1 is 1.53 bits per heavy atom. The van der Waals surface area contributed by atoms with E-state index in [0.717, 1.165) is 18.5 Å². The summed E-state index contributed by atoms with van der Waals surface area (Å²) in [7, 11) is 0. The highest BCUT2D eigenvalue weighted by Crippen LogP contribution is 2.29. The molecule has 6 heteroatoms. The van der Waals surface area contributed by atoms with Crippen molar-refractivity contribution >= 4 is 23.1 Å². The van der Waals surface area contributed by atoms with Gasteiger partial charge >= 0.3 is 0 Å². The van der Waals surface area contributed by atoms with Crippen molar-refractivity contribution in [3.8, 4) is 0 Å². The molecule has 1 aliphatic rings. The molecule has 1 amide bonds. The first-order chi connectivity index (χ1) is 8.70. The predicted molar refractivity (Wildman–Crippen MR) is 79.3 cm³/mol. The zero-order chi connectivity index (χ0) is 14.7. The minimum Gasteiger partial charge on any atom is -0.356 e. The quantitative estimate of drug-likeness (QED) is 0.567. The zero-order valence-corrected chi connectivity index (χ0v) is 12.8. The van der Waals surface area contributed by atoms with Gasteiger partial charge in [-0.15, -0.1) is 0 Å². The fraction of sp³-hybridized carbons (Fsp3) is 0.692. The van der Waals surface area contributed by atoms with E-state index in [1.165, 1.54) is 6.92 Å². The Labute approximate surface area is 119 Å². The van der Waals surface area contributed by atoms with Gasteiger partial charge in [0.1, 0.15) is 4.99 Å². The van der Waals surface area contributed by atoms with Crippen LogP contribution in [-0.2, 0) is 4.79 Å². The summed E-state index contributed by atoms with van der Waals surface area (Å²) in [6.07, 6.45) is 3.60. The van der Waals surface area contributed by atoms with E-state index in [9.17, 15) is 9.90 Å². The number of carbonyl (C=O) groups excluding carboxylic acids is 1. The highest BCUT2D eigenvalue weighted by Gasteiger charge is 2.46. The van der Waals surface area contributed by atoms with Crippen LogP contribution in [0.2, 0.25) is 0 Å². The summed E-state index contributed by atoms with van der Waals surface area (Å²) >= 11 is 5.18. The van der Waals surface area contributed by atoms with Gasteiger partial charge in [0.2, 0.25) is 11.8 Å². The first-order valence-corrected chi connectivity index (χ1v) is 6.89. The summed E-state index contributed by atoms with van der Waals surface area (Å²) in [6, 6.07) is 0. The Kier molecular flexibility index (Phi) is 4.92. The van der Waals surface area contributed by atoms with E-state index >= 15 is 0 Å². The fourth-order valence-corrected chi connectivity index (χ4v) is 2.18. The number of nitrogens with one attached hydrogen (secondary N) is 3. The second kappa shape index (κ2) is 5.88. The standard InChI is InChI=1S/C13H23N3O2S/c1-5-6-10-7-11(19)16-13(18,15-10)12(3,4)8-14-9(2)17/h7,15,18H,5-6,8H2,1-4H3,(H,14,17)(H,16,19). The Morgan fingerprint density at radius 3 is 2.68 bits per heavy atom. The number of aliphatic hydroxyl groups is 1. The van der Waals surface area contributed by atoms with Crippen LogP contribution in [0.15, 0.2) is 11.8 Å². The van der Waals surface area contributed by atoms with Crippen LogP contribution in [-0.4, -0.2) is 28.4 Å². The maximum absolute atomic E-state index is 11.0. The van der Waals surface area contributed by atoms with Gasteiger partial charge in [-0.2, -0.15) is 0 Å². The number of carbonyl (C=O) groups is 1.